The smallest absolute Gasteiger partial charge is 0.245 e. The second kappa shape index (κ2) is 8.73. The number of nitrogens with one attached hydrogen (secondary N) is 1. The van der Waals surface area contributed by atoms with E-state index < -0.39 is 0 Å². The molecule has 0 radical (unpaired) electrons. The fourth-order valence-electron chi connectivity index (χ4n) is 3.12. The number of methoxy groups -OCH3 is 1. The minimum atomic E-state index is -0.0345. The molecule has 0 saturated carbocycles. The number of carbonyl (C=O) groups is 1. The van der Waals surface area contributed by atoms with E-state index in [4.69, 9.17) is 4.74 Å². The highest BCUT2D eigenvalue weighted by atomic mass is 32.1. The number of amides is 1. The minimum Gasteiger partial charge on any atom is -0.375 e. The highest BCUT2D eigenvalue weighted by molar-refractivity contribution is 7.09. The number of piperidine rings is 1. The summed E-state index contributed by atoms with van der Waals surface area (Å²) in [7, 11) is 5.79. The van der Waals surface area contributed by atoms with Gasteiger partial charge in [0.2, 0.25) is 5.91 Å². The normalized spacial score (nSPS) is 22.5. The molecular formula is C16H28N4O2S. The van der Waals surface area contributed by atoms with E-state index in [9.17, 15) is 4.79 Å². The number of aromatic nitrogens is 1. The summed E-state index contributed by atoms with van der Waals surface area (Å²) in [6.07, 6.45) is 1.09. The Morgan fingerprint density at radius 3 is 2.96 bits per heavy atom. The van der Waals surface area contributed by atoms with Gasteiger partial charge < -0.3 is 15.0 Å². The molecule has 0 aromatic carbocycles. The maximum absolute atomic E-state index is 11.6. The fourth-order valence-corrected chi connectivity index (χ4v) is 3.94. The summed E-state index contributed by atoms with van der Waals surface area (Å²) in [5.41, 5.74) is 3.07. The van der Waals surface area contributed by atoms with Gasteiger partial charge in [-0.05, 0) is 39.9 Å². The van der Waals surface area contributed by atoms with Crippen molar-refractivity contribution in [3.05, 3.63) is 16.1 Å². The van der Waals surface area contributed by atoms with Gasteiger partial charge in [0.1, 0.15) is 6.61 Å². The Bertz CT molecular complexity index is 506. The summed E-state index contributed by atoms with van der Waals surface area (Å²) in [6.45, 7) is 5.99. The third-order valence-corrected chi connectivity index (χ3v) is 5.44. The Morgan fingerprint density at radius 2 is 2.35 bits per heavy atom. The topological polar surface area (TPSA) is 57.7 Å². The average molecular weight is 340 g/mol. The van der Waals surface area contributed by atoms with Crippen LogP contribution in [0.5, 0.6) is 0 Å². The lowest BCUT2D eigenvalue weighted by Crippen LogP contribution is -2.53. The first kappa shape index (κ1) is 18.3. The number of nitrogens with zero attached hydrogens (tertiary/aromatic N) is 3. The number of likely N-dealkylation sites (N-methyl/N-ethyl adjacent to an activating group) is 1. The molecule has 0 spiro atoms. The van der Waals surface area contributed by atoms with Crippen molar-refractivity contribution < 1.29 is 9.53 Å². The molecular weight excluding hydrogens is 312 g/mol. The van der Waals surface area contributed by atoms with Gasteiger partial charge in [0, 0.05) is 37.7 Å². The molecule has 1 amide bonds. The third-order valence-electron chi connectivity index (χ3n) is 4.52. The molecule has 1 aliphatic rings. The van der Waals surface area contributed by atoms with E-state index >= 15 is 0 Å². The van der Waals surface area contributed by atoms with E-state index in [0.717, 1.165) is 38.3 Å². The van der Waals surface area contributed by atoms with Crippen molar-refractivity contribution >= 4 is 17.2 Å². The average Bonchev–Trinajstić information content (AvgIpc) is 2.91. The first-order chi connectivity index (χ1) is 11.0. The monoisotopic (exact) mass is 340 g/mol. The van der Waals surface area contributed by atoms with Crippen LogP contribution in [0.1, 0.15) is 17.0 Å². The van der Waals surface area contributed by atoms with Crippen LogP contribution in [0.4, 0.5) is 0 Å². The molecule has 1 aliphatic heterocycles. The van der Waals surface area contributed by atoms with E-state index in [1.807, 2.05) is 5.51 Å². The Hall–Kier alpha value is -1.02. The van der Waals surface area contributed by atoms with Crippen molar-refractivity contribution in [3.63, 3.8) is 0 Å². The van der Waals surface area contributed by atoms with Crippen molar-refractivity contribution in [2.45, 2.75) is 25.9 Å². The first-order valence-corrected chi connectivity index (χ1v) is 8.92. The molecule has 0 bridgehead atoms. The third kappa shape index (κ3) is 5.24. The van der Waals surface area contributed by atoms with Crippen molar-refractivity contribution in [2.75, 3.05) is 47.4 Å². The Kier molecular flexibility index (Phi) is 6.95. The lowest BCUT2D eigenvalue weighted by Gasteiger charge is -2.41. The van der Waals surface area contributed by atoms with Crippen molar-refractivity contribution in [2.24, 2.45) is 5.92 Å². The predicted molar refractivity (Wildman–Crippen MR) is 92.6 cm³/mol. The van der Waals surface area contributed by atoms with Gasteiger partial charge in [0.15, 0.2) is 0 Å². The van der Waals surface area contributed by atoms with Crippen LogP contribution >= 0.6 is 11.3 Å². The van der Waals surface area contributed by atoms with Crippen LogP contribution in [0.2, 0.25) is 0 Å². The van der Waals surface area contributed by atoms with Crippen LogP contribution in [0, 0.1) is 12.8 Å². The summed E-state index contributed by atoms with van der Waals surface area (Å²) >= 11 is 1.74. The SMILES string of the molecule is COCC(=O)NC[C@H]1CCN(Cc2scnc2C)C[C@H]1N(C)C. The quantitative estimate of drug-likeness (QED) is 0.801. The number of ether oxygens (including phenoxy) is 1. The standard InChI is InChI=1S/C16H28N4O2S/c1-12-15(23-11-18-12)9-20-6-5-13(14(8-20)19(2)3)7-17-16(21)10-22-4/h11,13-14H,5-10H2,1-4H3,(H,17,21)/t13-,14-/m1/s1. The fraction of sp³-hybridized carbons (Fsp3) is 0.750. The van der Waals surface area contributed by atoms with E-state index in [-0.39, 0.29) is 12.5 Å². The number of hydrogen-bond donors (Lipinski definition) is 1. The zero-order valence-corrected chi connectivity index (χ0v) is 15.4. The second-order valence-corrected chi connectivity index (χ2v) is 7.35. The van der Waals surface area contributed by atoms with E-state index in [1.54, 1.807) is 18.4 Å². The van der Waals surface area contributed by atoms with Gasteiger partial charge in [0.05, 0.1) is 11.2 Å². The number of carbonyl (C=O) groups excluding carboxylic acids is 1. The van der Waals surface area contributed by atoms with Crippen LogP contribution in [-0.2, 0) is 16.1 Å². The molecule has 0 unspecified atom stereocenters. The number of aryl methyl sites for hydroxylation is 1. The van der Waals surface area contributed by atoms with Crippen LogP contribution < -0.4 is 5.32 Å². The Balaban J connectivity index is 1.89. The van der Waals surface area contributed by atoms with E-state index in [2.05, 4.69) is 41.1 Å². The molecule has 1 saturated heterocycles. The molecule has 1 aromatic rings. The molecule has 130 valence electrons. The summed E-state index contributed by atoms with van der Waals surface area (Å²) in [5, 5.41) is 2.99. The van der Waals surface area contributed by atoms with Gasteiger partial charge >= 0.3 is 0 Å². The van der Waals surface area contributed by atoms with Gasteiger partial charge in [-0.3, -0.25) is 9.69 Å². The molecule has 1 N–H and O–H groups in total. The molecule has 1 fully saturated rings. The molecule has 2 heterocycles. The first-order valence-electron chi connectivity index (χ1n) is 8.04. The summed E-state index contributed by atoms with van der Waals surface area (Å²) in [5.74, 6) is 0.442. The highest BCUT2D eigenvalue weighted by Gasteiger charge is 2.31. The molecule has 2 atom stereocenters. The second-order valence-electron chi connectivity index (χ2n) is 6.41. The van der Waals surface area contributed by atoms with Crippen molar-refractivity contribution in [1.29, 1.82) is 0 Å². The van der Waals surface area contributed by atoms with Gasteiger partial charge in [-0.25, -0.2) is 4.98 Å². The molecule has 7 heteroatoms. The van der Waals surface area contributed by atoms with Gasteiger partial charge in [0.25, 0.3) is 0 Å². The Morgan fingerprint density at radius 1 is 1.57 bits per heavy atom. The molecule has 2 rings (SSSR count). The number of likely N-dealkylation sites (tertiary alicyclic amines) is 1. The maximum Gasteiger partial charge on any atom is 0.245 e. The van der Waals surface area contributed by atoms with Gasteiger partial charge in [-0.2, -0.15) is 0 Å². The lowest BCUT2D eigenvalue weighted by molar-refractivity contribution is -0.125. The van der Waals surface area contributed by atoms with E-state index in [1.165, 1.54) is 4.88 Å². The van der Waals surface area contributed by atoms with Crippen molar-refractivity contribution in [3.8, 4) is 0 Å². The number of rotatable bonds is 7. The van der Waals surface area contributed by atoms with Crippen LogP contribution in [0.25, 0.3) is 0 Å². The van der Waals surface area contributed by atoms with Crippen LogP contribution in [0.15, 0.2) is 5.51 Å². The minimum absolute atomic E-state index is 0.0345. The number of thiazole rings is 1. The predicted octanol–water partition coefficient (Wildman–Crippen LogP) is 0.966. The van der Waals surface area contributed by atoms with E-state index in [0.29, 0.717) is 12.0 Å². The lowest BCUT2D eigenvalue weighted by atomic mass is 9.90. The molecule has 6 nitrogen and oxygen atoms in total. The van der Waals surface area contributed by atoms with Crippen molar-refractivity contribution in [1.82, 2.24) is 20.1 Å². The molecule has 0 aliphatic carbocycles. The summed E-state index contributed by atoms with van der Waals surface area (Å²) in [4.78, 5) is 22.1. The molecule has 1 aromatic heterocycles. The summed E-state index contributed by atoms with van der Waals surface area (Å²) in [6, 6.07) is 0.444. The number of hydrogen-bond acceptors (Lipinski definition) is 6. The Labute approximate surface area is 142 Å². The van der Waals surface area contributed by atoms with Gasteiger partial charge in [-0.15, -0.1) is 11.3 Å². The van der Waals surface area contributed by atoms with Crippen LogP contribution in [0.3, 0.4) is 0 Å². The maximum atomic E-state index is 11.6. The summed E-state index contributed by atoms with van der Waals surface area (Å²) < 4.78 is 4.87. The van der Waals surface area contributed by atoms with Crippen LogP contribution in [-0.4, -0.2) is 74.2 Å². The largest absolute Gasteiger partial charge is 0.375 e. The van der Waals surface area contributed by atoms with Gasteiger partial charge in [-0.1, -0.05) is 0 Å². The highest BCUT2D eigenvalue weighted by Crippen LogP contribution is 2.24. The zero-order chi connectivity index (χ0) is 16.8. The molecule has 23 heavy (non-hydrogen) atoms. The zero-order valence-electron chi connectivity index (χ0n) is 14.5.